The van der Waals surface area contributed by atoms with Crippen molar-refractivity contribution < 1.29 is 8.42 Å². The molecule has 0 radical (unpaired) electrons. The van der Waals surface area contributed by atoms with Gasteiger partial charge in [0.15, 0.2) is 0 Å². The fraction of sp³-hybridized carbons (Fsp3) is 0.294. The summed E-state index contributed by atoms with van der Waals surface area (Å²) >= 11 is 1.59. The van der Waals surface area contributed by atoms with E-state index in [2.05, 4.69) is 0 Å². The van der Waals surface area contributed by atoms with Crippen LogP contribution in [0.5, 0.6) is 0 Å². The minimum atomic E-state index is -3.53. The lowest BCUT2D eigenvalue weighted by molar-refractivity contribution is 0.592. The van der Waals surface area contributed by atoms with Crippen molar-refractivity contribution in [2.75, 3.05) is 17.1 Å². The second kappa shape index (κ2) is 6.75. The highest BCUT2D eigenvalue weighted by Gasteiger charge is 2.23. The Kier molecular flexibility index (Phi) is 5.19. The average Bonchev–Trinajstić information content (AvgIpc) is 2.51. The normalized spacial score (nSPS) is 11.5. The topological polar surface area (TPSA) is 37.4 Å². The van der Waals surface area contributed by atoms with Gasteiger partial charge in [0.2, 0.25) is 0 Å². The second-order valence-electron chi connectivity index (χ2n) is 5.11. The number of hydrogen-bond donors (Lipinski definition) is 0. The predicted molar refractivity (Wildman–Crippen MR) is 94.3 cm³/mol. The summed E-state index contributed by atoms with van der Waals surface area (Å²) in [6.45, 7) is 6.26. The molecule has 0 aliphatic heterocycles. The van der Waals surface area contributed by atoms with Crippen LogP contribution < -0.4 is 4.31 Å². The lowest BCUT2D eigenvalue weighted by Crippen LogP contribution is -2.30. The number of hydrogen-bond acceptors (Lipinski definition) is 3. The summed E-state index contributed by atoms with van der Waals surface area (Å²) in [5, 5.41) is 0. The Morgan fingerprint density at radius 2 is 1.64 bits per heavy atom. The zero-order valence-electron chi connectivity index (χ0n) is 13.3. The van der Waals surface area contributed by atoms with Crippen LogP contribution in [0.3, 0.4) is 0 Å². The maximum absolute atomic E-state index is 12.9. The smallest absolute Gasteiger partial charge is 0.264 e. The summed E-state index contributed by atoms with van der Waals surface area (Å²) in [6.07, 6.45) is 1.97. The van der Waals surface area contributed by atoms with Crippen LogP contribution >= 0.6 is 11.8 Å². The van der Waals surface area contributed by atoms with E-state index in [0.717, 1.165) is 16.0 Å². The molecule has 0 saturated carbocycles. The van der Waals surface area contributed by atoms with Crippen molar-refractivity contribution in [1.29, 1.82) is 0 Å². The van der Waals surface area contributed by atoms with Crippen molar-refractivity contribution in [3.05, 3.63) is 53.6 Å². The van der Waals surface area contributed by atoms with Gasteiger partial charge in [0.25, 0.3) is 10.0 Å². The lowest BCUT2D eigenvalue weighted by atomic mass is 10.1. The zero-order chi connectivity index (χ0) is 16.3. The van der Waals surface area contributed by atoms with Gasteiger partial charge in [-0.3, -0.25) is 4.31 Å². The number of rotatable bonds is 5. The van der Waals surface area contributed by atoms with Crippen LogP contribution in [0.2, 0.25) is 0 Å². The van der Waals surface area contributed by atoms with Gasteiger partial charge in [0.1, 0.15) is 0 Å². The van der Waals surface area contributed by atoms with Gasteiger partial charge in [-0.25, -0.2) is 8.42 Å². The van der Waals surface area contributed by atoms with Gasteiger partial charge in [-0.1, -0.05) is 6.07 Å². The molecule has 0 saturated heterocycles. The van der Waals surface area contributed by atoms with Crippen LogP contribution in [0.15, 0.2) is 52.3 Å². The first-order valence-electron chi connectivity index (χ1n) is 7.14. The largest absolute Gasteiger partial charge is 0.267 e. The SMILES string of the molecule is CCN(c1ccc(C)c(C)c1)S(=O)(=O)c1ccc(SC)cc1. The van der Waals surface area contributed by atoms with Crippen LogP contribution in [-0.4, -0.2) is 21.2 Å². The number of anilines is 1. The number of sulfonamides is 1. The van der Waals surface area contributed by atoms with Gasteiger partial charge >= 0.3 is 0 Å². The average molecular weight is 335 g/mol. The van der Waals surface area contributed by atoms with E-state index in [1.54, 1.807) is 23.9 Å². The highest BCUT2D eigenvalue weighted by Crippen LogP contribution is 2.26. The molecule has 2 rings (SSSR count). The Bertz CT molecular complexity index is 753. The number of benzene rings is 2. The highest BCUT2D eigenvalue weighted by atomic mass is 32.2. The van der Waals surface area contributed by atoms with E-state index < -0.39 is 10.0 Å². The monoisotopic (exact) mass is 335 g/mol. The van der Waals surface area contributed by atoms with Gasteiger partial charge in [0, 0.05) is 11.4 Å². The summed E-state index contributed by atoms with van der Waals surface area (Å²) in [4.78, 5) is 1.37. The molecule has 0 aliphatic carbocycles. The minimum Gasteiger partial charge on any atom is -0.267 e. The third kappa shape index (κ3) is 3.31. The number of thioether (sulfide) groups is 1. The number of nitrogens with zero attached hydrogens (tertiary/aromatic N) is 1. The molecule has 2 aromatic carbocycles. The molecule has 0 amide bonds. The molecule has 0 unspecified atom stereocenters. The maximum Gasteiger partial charge on any atom is 0.264 e. The molecule has 0 bridgehead atoms. The Labute approximate surface area is 137 Å². The quantitative estimate of drug-likeness (QED) is 0.767. The number of aryl methyl sites for hydroxylation is 2. The summed E-state index contributed by atoms with van der Waals surface area (Å²) < 4.78 is 27.2. The third-order valence-corrected chi connectivity index (χ3v) is 6.37. The first kappa shape index (κ1) is 16.9. The van der Waals surface area contributed by atoms with Crippen molar-refractivity contribution in [1.82, 2.24) is 0 Å². The van der Waals surface area contributed by atoms with Crippen LogP contribution in [0.1, 0.15) is 18.1 Å². The molecule has 118 valence electrons. The second-order valence-corrected chi connectivity index (χ2v) is 7.86. The molecule has 3 nitrogen and oxygen atoms in total. The molecular weight excluding hydrogens is 314 g/mol. The highest BCUT2D eigenvalue weighted by molar-refractivity contribution is 7.98. The third-order valence-electron chi connectivity index (χ3n) is 3.71. The van der Waals surface area contributed by atoms with Gasteiger partial charge in [0.05, 0.1) is 10.6 Å². The molecule has 22 heavy (non-hydrogen) atoms. The van der Waals surface area contributed by atoms with Crippen molar-refractivity contribution in [2.45, 2.75) is 30.6 Å². The van der Waals surface area contributed by atoms with Gasteiger partial charge < -0.3 is 0 Å². The van der Waals surface area contributed by atoms with Crippen LogP contribution in [0.4, 0.5) is 5.69 Å². The van der Waals surface area contributed by atoms with E-state index in [0.29, 0.717) is 17.1 Å². The van der Waals surface area contributed by atoms with Crippen LogP contribution in [-0.2, 0) is 10.0 Å². The fourth-order valence-electron chi connectivity index (χ4n) is 2.25. The maximum atomic E-state index is 12.9. The molecule has 0 aromatic heterocycles. The summed E-state index contributed by atoms with van der Waals surface area (Å²) in [5.74, 6) is 0. The fourth-order valence-corrected chi connectivity index (χ4v) is 4.12. The Hall–Kier alpha value is -1.46. The first-order valence-corrected chi connectivity index (χ1v) is 9.80. The molecule has 0 fully saturated rings. The molecular formula is C17H21NO2S2. The minimum absolute atomic E-state index is 0.324. The molecule has 0 heterocycles. The first-order chi connectivity index (χ1) is 10.4. The molecule has 5 heteroatoms. The Morgan fingerprint density at radius 1 is 1.00 bits per heavy atom. The van der Waals surface area contributed by atoms with E-state index in [1.165, 1.54) is 4.31 Å². The summed E-state index contributed by atoms with van der Waals surface area (Å²) in [7, 11) is -3.53. The standard InChI is InChI=1S/C17H21NO2S2/c1-5-18(15-7-6-13(2)14(3)12-15)22(19,20)17-10-8-16(21-4)9-11-17/h6-12H,5H2,1-4H3. The van der Waals surface area contributed by atoms with Crippen molar-refractivity contribution in [3.63, 3.8) is 0 Å². The summed E-state index contributed by atoms with van der Waals surface area (Å²) in [5.41, 5.74) is 2.95. The van der Waals surface area contributed by atoms with E-state index >= 15 is 0 Å². The van der Waals surface area contributed by atoms with E-state index in [1.807, 2.05) is 57.4 Å². The van der Waals surface area contributed by atoms with Gasteiger partial charge in [-0.05, 0) is 74.6 Å². The van der Waals surface area contributed by atoms with Crippen molar-refractivity contribution in [3.8, 4) is 0 Å². The van der Waals surface area contributed by atoms with Crippen LogP contribution in [0, 0.1) is 13.8 Å². The molecule has 2 aromatic rings. The molecule has 0 aliphatic rings. The molecule has 0 atom stereocenters. The van der Waals surface area contributed by atoms with Crippen molar-refractivity contribution in [2.24, 2.45) is 0 Å². The van der Waals surface area contributed by atoms with E-state index in [9.17, 15) is 8.42 Å². The van der Waals surface area contributed by atoms with Crippen LogP contribution in [0.25, 0.3) is 0 Å². The summed E-state index contributed by atoms with van der Waals surface area (Å²) in [6, 6.07) is 12.8. The Balaban J connectivity index is 2.45. The Morgan fingerprint density at radius 3 is 2.14 bits per heavy atom. The van der Waals surface area contributed by atoms with Gasteiger partial charge in [-0.15, -0.1) is 11.8 Å². The molecule has 0 spiro atoms. The predicted octanol–water partition coefficient (Wildman–Crippen LogP) is 4.24. The lowest BCUT2D eigenvalue weighted by Gasteiger charge is -2.23. The zero-order valence-corrected chi connectivity index (χ0v) is 15.0. The van der Waals surface area contributed by atoms with E-state index in [4.69, 9.17) is 0 Å². The van der Waals surface area contributed by atoms with Gasteiger partial charge in [-0.2, -0.15) is 0 Å². The molecule has 0 N–H and O–H groups in total. The van der Waals surface area contributed by atoms with Crippen molar-refractivity contribution >= 4 is 27.5 Å². The van der Waals surface area contributed by atoms with E-state index in [-0.39, 0.29) is 0 Å².